The number of anilines is 2. The smallest absolute Gasteiger partial charge is 0.243 e. The minimum absolute atomic E-state index is 0.100. The van der Waals surface area contributed by atoms with Gasteiger partial charge in [0.1, 0.15) is 12.4 Å². The fourth-order valence-electron chi connectivity index (χ4n) is 2.42. The van der Waals surface area contributed by atoms with E-state index in [0.29, 0.717) is 28.0 Å². The number of rotatable bonds is 7. The summed E-state index contributed by atoms with van der Waals surface area (Å²) in [6, 6.07) is 22.2. The molecule has 0 aliphatic heterocycles. The Bertz CT molecular complexity index is 880. The van der Waals surface area contributed by atoms with Crippen LogP contribution in [0.15, 0.2) is 72.8 Å². The molecule has 0 spiro atoms. The lowest BCUT2D eigenvalue weighted by Crippen LogP contribution is -2.21. The van der Waals surface area contributed by atoms with Crippen molar-refractivity contribution >= 4 is 40.5 Å². The van der Waals surface area contributed by atoms with Crippen LogP contribution in [0.1, 0.15) is 5.56 Å². The van der Waals surface area contributed by atoms with Gasteiger partial charge >= 0.3 is 0 Å². The topological polar surface area (TPSA) is 50.4 Å². The molecule has 0 aliphatic rings. The minimum Gasteiger partial charge on any atom is -0.489 e. The predicted octanol–water partition coefficient (Wildman–Crippen LogP) is 5.62. The summed E-state index contributed by atoms with van der Waals surface area (Å²) in [7, 11) is 0. The number of ether oxygens (including phenoxy) is 1. The number of amides is 1. The molecule has 0 heterocycles. The molecular weight excluding hydrogens is 383 g/mol. The van der Waals surface area contributed by atoms with Crippen LogP contribution in [-0.4, -0.2) is 12.5 Å². The van der Waals surface area contributed by atoms with E-state index in [1.807, 2.05) is 42.5 Å². The minimum atomic E-state index is -0.177. The number of nitrogens with one attached hydrogen (secondary N) is 2. The summed E-state index contributed by atoms with van der Waals surface area (Å²) in [4.78, 5) is 12.1. The highest BCUT2D eigenvalue weighted by molar-refractivity contribution is 6.35. The summed E-state index contributed by atoms with van der Waals surface area (Å²) in [6.07, 6.45) is 0. The van der Waals surface area contributed by atoms with Gasteiger partial charge in [-0.25, -0.2) is 0 Å². The van der Waals surface area contributed by atoms with Crippen LogP contribution in [0.25, 0.3) is 0 Å². The van der Waals surface area contributed by atoms with Crippen molar-refractivity contribution in [3.63, 3.8) is 0 Å². The van der Waals surface area contributed by atoms with Crippen molar-refractivity contribution in [3.05, 3.63) is 88.4 Å². The van der Waals surface area contributed by atoms with Crippen LogP contribution in [0.2, 0.25) is 10.0 Å². The first kappa shape index (κ1) is 19.1. The first-order valence-electron chi connectivity index (χ1n) is 8.35. The molecule has 3 aromatic carbocycles. The maximum Gasteiger partial charge on any atom is 0.243 e. The first-order chi connectivity index (χ1) is 13.1. The fraction of sp³-hybridized carbons (Fsp3) is 0.0952. The molecule has 0 saturated heterocycles. The fourth-order valence-corrected chi connectivity index (χ4v) is 2.94. The third kappa shape index (κ3) is 6.20. The van der Waals surface area contributed by atoms with Crippen LogP contribution < -0.4 is 15.4 Å². The van der Waals surface area contributed by atoms with Gasteiger partial charge in [-0.1, -0.05) is 53.5 Å². The van der Waals surface area contributed by atoms with Crippen molar-refractivity contribution in [2.75, 3.05) is 17.2 Å². The summed E-state index contributed by atoms with van der Waals surface area (Å²) in [5, 5.41) is 6.83. The van der Waals surface area contributed by atoms with Gasteiger partial charge in [-0.05, 0) is 48.0 Å². The van der Waals surface area contributed by atoms with Crippen molar-refractivity contribution < 1.29 is 9.53 Å². The average molecular weight is 401 g/mol. The van der Waals surface area contributed by atoms with Crippen LogP contribution in [0.5, 0.6) is 5.75 Å². The number of carbonyl (C=O) groups excluding carboxylic acids is 1. The molecule has 0 aromatic heterocycles. The Balaban J connectivity index is 1.48. The molecule has 2 N–H and O–H groups in total. The van der Waals surface area contributed by atoms with Gasteiger partial charge in [-0.2, -0.15) is 0 Å². The number of halogens is 2. The molecule has 3 rings (SSSR count). The summed E-state index contributed by atoms with van der Waals surface area (Å²) in [5.41, 5.74) is 2.48. The van der Waals surface area contributed by atoms with Gasteiger partial charge in [0.2, 0.25) is 5.91 Å². The van der Waals surface area contributed by atoms with Crippen LogP contribution in [-0.2, 0) is 11.4 Å². The molecule has 0 saturated carbocycles. The van der Waals surface area contributed by atoms with Gasteiger partial charge in [0.15, 0.2) is 0 Å². The van der Waals surface area contributed by atoms with Gasteiger partial charge in [-0.3, -0.25) is 4.79 Å². The van der Waals surface area contributed by atoms with Crippen molar-refractivity contribution in [1.29, 1.82) is 0 Å². The molecule has 0 aliphatic carbocycles. The lowest BCUT2D eigenvalue weighted by molar-refractivity contribution is -0.114. The van der Waals surface area contributed by atoms with E-state index < -0.39 is 0 Å². The maximum atomic E-state index is 12.1. The molecule has 138 valence electrons. The molecule has 0 radical (unpaired) electrons. The molecule has 4 nitrogen and oxygen atoms in total. The van der Waals surface area contributed by atoms with E-state index in [-0.39, 0.29) is 12.5 Å². The molecule has 0 atom stereocenters. The SMILES string of the molecule is O=C(CNc1cc(Cl)cc(Cl)c1)Nc1ccc(OCc2ccccc2)cc1. The van der Waals surface area contributed by atoms with Gasteiger partial charge in [0.25, 0.3) is 0 Å². The van der Waals surface area contributed by atoms with Gasteiger partial charge in [0, 0.05) is 21.4 Å². The zero-order chi connectivity index (χ0) is 19.1. The van der Waals surface area contributed by atoms with E-state index in [1.165, 1.54) is 0 Å². The molecule has 0 bridgehead atoms. The van der Waals surface area contributed by atoms with Gasteiger partial charge < -0.3 is 15.4 Å². The van der Waals surface area contributed by atoms with Crippen LogP contribution in [0.4, 0.5) is 11.4 Å². The Hall–Kier alpha value is -2.69. The number of benzene rings is 3. The van der Waals surface area contributed by atoms with Crippen molar-refractivity contribution in [2.24, 2.45) is 0 Å². The Morgan fingerprint density at radius 1 is 0.852 bits per heavy atom. The van der Waals surface area contributed by atoms with Crippen molar-refractivity contribution in [3.8, 4) is 5.75 Å². The molecule has 0 unspecified atom stereocenters. The summed E-state index contributed by atoms with van der Waals surface area (Å²) in [6.45, 7) is 0.599. The standard InChI is InChI=1S/C21H18Cl2N2O2/c22-16-10-17(23)12-19(11-16)24-13-21(26)25-18-6-8-20(9-7-18)27-14-15-4-2-1-3-5-15/h1-12,24H,13-14H2,(H,25,26). The maximum absolute atomic E-state index is 12.1. The monoisotopic (exact) mass is 400 g/mol. The van der Waals surface area contributed by atoms with E-state index in [0.717, 1.165) is 11.3 Å². The summed E-state index contributed by atoms with van der Waals surface area (Å²) >= 11 is 11.9. The number of hydrogen-bond acceptors (Lipinski definition) is 3. The Kier molecular flexibility index (Phi) is 6.58. The molecule has 27 heavy (non-hydrogen) atoms. The summed E-state index contributed by atoms with van der Waals surface area (Å²) in [5.74, 6) is 0.563. The Morgan fingerprint density at radius 3 is 2.19 bits per heavy atom. The zero-order valence-corrected chi connectivity index (χ0v) is 15.9. The van der Waals surface area contributed by atoms with E-state index in [2.05, 4.69) is 10.6 Å². The second kappa shape index (κ2) is 9.31. The van der Waals surface area contributed by atoms with E-state index >= 15 is 0 Å². The third-order valence-electron chi connectivity index (χ3n) is 3.70. The Morgan fingerprint density at radius 2 is 1.52 bits per heavy atom. The predicted molar refractivity (Wildman–Crippen MR) is 111 cm³/mol. The zero-order valence-electron chi connectivity index (χ0n) is 14.4. The van der Waals surface area contributed by atoms with Gasteiger partial charge in [-0.15, -0.1) is 0 Å². The van der Waals surface area contributed by atoms with Crippen molar-refractivity contribution in [1.82, 2.24) is 0 Å². The van der Waals surface area contributed by atoms with E-state index in [1.54, 1.807) is 30.3 Å². The number of carbonyl (C=O) groups is 1. The molecule has 1 amide bonds. The van der Waals surface area contributed by atoms with Gasteiger partial charge in [0.05, 0.1) is 6.54 Å². The normalized spacial score (nSPS) is 10.3. The lowest BCUT2D eigenvalue weighted by Gasteiger charge is -2.10. The second-order valence-corrected chi connectivity index (χ2v) is 6.73. The average Bonchev–Trinajstić information content (AvgIpc) is 2.66. The third-order valence-corrected chi connectivity index (χ3v) is 4.14. The Labute approximate surface area is 168 Å². The first-order valence-corrected chi connectivity index (χ1v) is 9.11. The van der Waals surface area contributed by atoms with Crippen LogP contribution in [0, 0.1) is 0 Å². The molecular formula is C21H18Cl2N2O2. The largest absolute Gasteiger partial charge is 0.489 e. The number of hydrogen-bond donors (Lipinski definition) is 2. The lowest BCUT2D eigenvalue weighted by atomic mass is 10.2. The van der Waals surface area contributed by atoms with Crippen LogP contribution in [0.3, 0.4) is 0 Å². The van der Waals surface area contributed by atoms with Crippen LogP contribution >= 0.6 is 23.2 Å². The quantitative estimate of drug-likeness (QED) is 0.540. The molecule has 0 fully saturated rings. The van der Waals surface area contributed by atoms with Crippen molar-refractivity contribution in [2.45, 2.75) is 6.61 Å². The van der Waals surface area contributed by atoms with E-state index in [9.17, 15) is 4.79 Å². The highest BCUT2D eigenvalue weighted by Crippen LogP contribution is 2.22. The second-order valence-electron chi connectivity index (χ2n) is 5.86. The highest BCUT2D eigenvalue weighted by Gasteiger charge is 2.04. The van der Waals surface area contributed by atoms with E-state index in [4.69, 9.17) is 27.9 Å². The molecule has 3 aromatic rings. The highest BCUT2D eigenvalue weighted by atomic mass is 35.5. The summed E-state index contributed by atoms with van der Waals surface area (Å²) < 4.78 is 5.73. The molecule has 6 heteroatoms.